The fourth-order valence-electron chi connectivity index (χ4n) is 3.76. The van der Waals surface area contributed by atoms with Gasteiger partial charge in [0.2, 0.25) is 10.0 Å². The number of fused-ring (bicyclic) bond motifs is 6. The molecule has 0 aromatic heterocycles. The quantitative estimate of drug-likeness (QED) is 0.427. The average molecular weight is 451 g/mol. The van der Waals surface area contributed by atoms with Crippen LogP contribution in [-0.4, -0.2) is 31.1 Å². The lowest BCUT2D eigenvalue weighted by molar-refractivity contribution is 0.0977. The van der Waals surface area contributed by atoms with Crippen molar-refractivity contribution in [2.24, 2.45) is 0 Å². The highest BCUT2D eigenvalue weighted by Gasteiger charge is 2.33. The molecule has 3 aliphatic rings. The third kappa shape index (κ3) is 4.09. The van der Waals surface area contributed by atoms with Crippen molar-refractivity contribution in [1.82, 2.24) is 0 Å². The number of sulfonamides is 1. The van der Waals surface area contributed by atoms with Crippen LogP contribution in [0.5, 0.6) is 5.75 Å². The second-order valence-corrected chi connectivity index (χ2v) is 9.67. The molecule has 0 saturated heterocycles. The highest BCUT2D eigenvalue weighted by Crippen LogP contribution is 2.35. The number of carbonyl (C=O) groups excluding carboxylic acids is 2. The molecular formula is C24H22N2O5S. The summed E-state index contributed by atoms with van der Waals surface area (Å²) in [6.07, 6.45) is 0. The molecule has 2 heterocycles. The van der Waals surface area contributed by atoms with Crippen LogP contribution >= 0.6 is 0 Å². The highest BCUT2D eigenvalue weighted by molar-refractivity contribution is 7.91. The number of phenolic OH excluding ortho intramolecular Hbond substituents is 1. The maximum Gasteiger partial charge on any atom is 0.236 e. The van der Waals surface area contributed by atoms with E-state index in [4.69, 9.17) is 0 Å². The molecule has 3 aromatic carbocycles. The molecule has 0 radical (unpaired) electrons. The summed E-state index contributed by atoms with van der Waals surface area (Å²) in [7, 11) is -3.10. The van der Waals surface area contributed by atoms with E-state index in [0.717, 1.165) is 5.56 Å². The van der Waals surface area contributed by atoms with Crippen molar-refractivity contribution in [2.75, 3.05) is 10.0 Å². The van der Waals surface area contributed by atoms with Gasteiger partial charge in [-0.25, -0.2) is 8.42 Å². The summed E-state index contributed by atoms with van der Waals surface area (Å²) in [4.78, 5) is 25.3. The van der Waals surface area contributed by atoms with Crippen LogP contribution in [0.1, 0.15) is 51.3 Å². The Kier molecular flexibility index (Phi) is 5.48. The molecule has 0 spiro atoms. The maximum atomic E-state index is 12.7. The first-order valence-corrected chi connectivity index (χ1v) is 11.7. The Hall–Kier alpha value is -3.65. The van der Waals surface area contributed by atoms with Crippen LogP contribution in [0.4, 0.5) is 11.4 Å². The standard InChI is InChI=1S/C17H15NO3.C7H7NO2S/c1-9(2)18-12-7-3-5-10-14(12)17(21)15-11(16(10)20)6-4-8-13(15)19;9-11(10)5-6-1-3-7(8-11)4-2-6/h3-9,18-19H,1-2H3;1-4,8H,5H2. The zero-order valence-electron chi connectivity index (χ0n) is 17.5. The van der Waals surface area contributed by atoms with Gasteiger partial charge in [0, 0.05) is 28.5 Å². The topological polar surface area (TPSA) is 113 Å². The van der Waals surface area contributed by atoms with E-state index in [9.17, 15) is 23.1 Å². The zero-order chi connectivity index (χ0) is 23.0. The van der Waals surface area contributed by atoms with E-state index in [1.165, 1.54) is 6.07 Å². The van der Waals surface area contributed by atoms with Gasteiger partial charge in [0.1, 0.15) is 5.75 Å². The molecule has 2 aliphatic heterocycles. The van der Waals surface area contributed by atoms with Gasteiger partial charge in [0.25, 0.3) is 0 Å². The van der Waals surface area contributed by atoms with E-state index >= 15 is 0 Å². The van der Waals surface area contributed by atoms with Crippen molar-refractivity contribution in [2.45, 2.75) is 25.6 Å². The Bertz CT molecular complexity index is 1300. The molecule has 0 fully saturated rings. The van der Waals surface area contributed by atoms with Crippen LogP contribution in [0.3, 0.4) is 0 Å². The molecule has 32 heavy (non-hydrogen) atoms. The van der Waals surface area contributed by atoms with Crippen LogP contribution in [0.25, 0.3) is 0 Å². The summed E-state index contributed by atoms with van der Waals surface area (Å²) in [6.45, 7) is 3.92. The number of nitrogens with one attached hydrogen (secondary N) is 2. The number of hydrogen-bond acceptors (Lipinski definition) is 6. The Morgan fingerprint density at radius 3 is 2.16 bits per heavy atom. The van der Waals surface area contributed by atoms with E-state index in [0.29, 0.717) is 22.5 Å². The van der Waals surface area contributed by atoms with Gasteiger partial charge in [-0.1, -0.05) is 36.4 Å². The molecular weight excluding hydrogens is 428 g/mol. The highest BCUT2D eigenvalue weighted by atomic mass is 32.2. The molecule has 0 atom stereocenters. The number of anilines is 2. The monoisotopic (exact) mass is 450 g/mol. The minimum atomic E-state index is -3.10. The lowest BCUT2D eigenvalue weighted by Crippen LogP contribution is -2.23. The predicted molar refractivity (Wildman–Crippen MR) is 123 cm³/mol. The molecule has 2 bridgehead atoms. The number of carbonyl (C=O) groups is 2. The summed E-state index contributed by atoms with van der Waals surface area (Å²) in [5.41, 5.74) is 3.16. The number of aromatic hydroxyl groups is 1. The normalized spacial score (nSPS) is 15.1. The van der Waals surface area contributed by atoms with Crippen molar-refractivity contribution >= 4 is 33.0 Å². The number of rotatable bonds is 2. The number of ketones is 2. The van der Waals surface area contributed by atoms with E-state index < -0.39 is 10.0 Å². The summed E-state index contributed by atoms with van der Waals surface area (Å²) in [5, 5.41) is 13.1. The smallest absolute Gasteiger partial charge is 0.236 e. The van der Waals surface area contributed by atoms with Gasteiger partial charge in [0.15, 0.2) is 11.6 Å². The molecule has 7 nitrogen and oxygen atoms in total. The summed E-state index contributed by atoms with van der Waals surface area (Å²) < 4.78 is 24.6. The minimum Gasteiger partial charge on any atom is -0.507 e. The van der Waals surface area contributed by atoms with Gasteiger partial charge < -0.3 is 10.4 Å². The van der Waals surface area contributed by atoms with E-state index in [1.807, 2.05) is 26.0 Å². The summed E-state index contributed by atoms with van der Waals surface area (Å²) in [6, 6.07) is 17.0. The SMILES string of the molecule is CC(C)Nc1cccc2c1C(=O)c1c(O)cccc1C2=O.O=S1(=O)Cc2ccc(cc2)N1. The van der Waals surface area contributed by atoms with Gasteiger partial charge >= 0.3 is 0 Å². The van der Waals surface area contributed by atoms with Crippen molar-refractivity contribution in [1.29, 1.82) is 0 Å². The predicted octanol–water partition coefficient (Wildman–Crippen LogP) is 3.93. The van der Waals surface area contributed by atoms with Crippen LogP contribution in [0.15, 0.2) is 60.7 Å². The lowest BCUT2D eigenvalue weighted by atomic mass is 9.82. The molecule has 0 unspecified atom stereocenters. The van der Waals surface area contributed by atoms with Crippen molar-refractivity contribution < 1.29 is 23.1 Å². The van der Waals surface area contributed by atoms with Crippen molar-refractivity contribution in [3.63, 3.8) is 0 Å². The van der Waals surface area contributed by atoms with E-state index in [2.05, 4.69) is 10.0 Å². The summed E-state index contributed by atoms with van der Waals surface area (Å²) in [5.74, 6) is -0.621. The minimum absolute atomic E-state index is 0.0868. The fraction of sp³-hybridized carbons (Fsp3) is 0.167. The lowest BCUT2D eigenvalue weighted by Gasteiger charge is -2.22. The largest absolute Gasteiger partial charge is 0.507 e. The van der Waals surface area contributed by atoms with Crippen molar-refractivity contribution in [3.05, 3.63) is 88.5 Å². The first-order chi connectivity index (χ1) is 15.2. The van der Waals surface area contributed by atoms with Crippen LogP contribution in [0, 0.1) is 0 Å². The van der Waals surface area contributed by atoms with Crippen LogP contribution in [-0.2, 0) is 15.8 Å². The van der Waals surface area contributed by atoms with Gasteiger partial charge in [-0.3, -0.25) is 14.3 Å². The Morgan fingerprint density at radius 1 is 0.875 bits per heavy atom. The Labute approximate surface area is 186 Å². The molecule has 8 heteroatoms. The molecule has 3 N–H and O–H groups in total. The van der Waals surface area contributed by atoms with Crippen LogP contribution in [0.2, 0.25) is 0 Å². The number of hydrogen-bond donors (Lipinski definition) is 3. The van der Waals surface area contributed by atoms with Gasteiger partial charge in [-0.05, 0) is 43.7 Å². The number of phenols is 1. The molecule has 164 valence electrons. The Balaban J connectivity index is 0.000000186. The zero-order valence-corrected chi connectivity index (χ0v) is 18.4. The Morgan fingerprint density at radius 2 is 1.50 bits per heavy atom. The summed E-state index contributed by atoms with van der Waals surface area (Å²) >= 11 is 0. The third-order valence-corrected chi connectivity index (χ3v) is 6.34. The molecule has 0 saturated carbocycles. The van der Waals surface area contributed by atoms with Gasteiger partial charge in [-0.2, -0.15) is 0 Å². The molecule has 6 rings (SSSR count). The second-order valence-electron chi connectivity index (χ2n) is 7.94. The maximum absolute atomic E-state index is 12.7. The first kappa shape index (κ1) is 21.6. The van der Waals surface area contributed by atoms with E-state index in [-0.39, 0.29) is 40.2 Å². The van der Waals surface area contributed by atoms with Crippen molar-refractivity contribution in [3.8, 4) is 5.75 Å². The molecule has 1 aliphatic carbocycles. The third-order valence-electron chi connectivity index (χ3n) is 5.08. The van der Waals surface area contributed by atoms with Gasteiger partial charge in [-0.15, -0.1) is 0 Å². The fourth-order valence-corrected chi connectivity index (χ4v) is 4.96. The van der Waals surface area contributed by atoms with Crippen LogP contribution < -0.4 is 10.0 Å². The van der Waals surface area contributed by atoms with E-state index in [1.54, 1.807) is 42.5 Å². The van der Waals surface area contributed by atoms with Gasteiger partial charge in [0.05, 0.1) is 16.9 Å². The molecule has 3 aromatic rings. The second kappa shape index (κ2) is 8.12. The first-order valence-electron chi connectivity index (χ1n) is 10.1. The number of benzene rings is 3. The molecule has 0 amide bonds. The average Bonchev–Trinajstić information content (AvgIpc) is 2.97.